The molecule has 3 fully saturated rings. The van der Waals surface area contributed by atoms with Crippen LogP contribution in [-0.4, -0.2) is 6.04 Å². The average Bonchev–Trinajstić information content (AvgIpc) is 2.19. The minimum Gasteiger partial charge on any atom is -0.327 e. The molecule has 0 saturated heterocycles. The van der Waals surface area contributed by atoms with Crippen LogP contribution in [0.1, 0.15) is 32.1 Å². The monoisotopic (exact) mass is 151 g/mol. The molecule has 0 aromatic heterocycles. The highest BCUT2D eigenvalue weighted by atomic mass is 14.7. The van der Waals surface area contributed by atoms with Crippen LogP contribution in [0.4, 0.5) is 0 Å². The molecule has 1 heteroatoms. The molecule has 0 heterocycles. The second-order valence-electron chi connectivity index (χ2n) is 5.00. The molecular weight excluding hydrogens is 134 g/mol. The van der Waals surface area contributed by atoms with E-state index in [0.717, 1.165) is 23.7 Å². The van der Waals surface area contributed by atoms with Crippen LogP contribution in [-0.2, 0) is 0 Å². The van der Waals surface area contributed by atoms with Crippen molar-refractivity contribution in [3.8, 4) is 0 Å². The van der Waals surface area contributed by atoms with Gasteiger partial charge in [0.05, 0.1) is 0 Å². The lowest BCUT2D eigenvalue weighted by Gasteiger charge is -2.37. The van der Waals surface area contributed by atoms with Crippen molar-refractivity contribution in [2.75, 3.05) is 0 Å². The van der Waals surface area contributed by atoms with E-state index in [-0.39, 0.29) is 0 Å². The number of hydrogen-bond acceptors (Lipinski definition) is 1. The molecule has 5 atom stereocenters. The summed E-state index contributed by atoms with van der Waals surface area (Å²) in [5.41, 5.74) is 6.14. The van der Waals surface area contributed by atoms with E-state index in [9.17, 15) is 0 Å². The molecule has 0 aliphatic heterocycles. The van der Waals surface area contributed by atoms with Gasteiger partial charge in [-0.3, -0.25) is 0 Å². The van der Waals surface area contributed by atoms with Crippen LogP contribution in [0, 0.1) is 23.7 Å². The predicted molar refractivity (Wildman–Crippen MR) is 45.0 cm³/mol. The highest BCUT2D eigenvalue weighted by Crippen LogP contribution is 2.54. The molecular formula is C10H17N. The molecule has 0 aromatic carbocycles. The molecule has 0 radical (unpaired) electrons. The van der Waals surface area contributed by atoms with E-state index in [2.05, 4.69) is 0 Å². The number of hydrogen-bond donors (Lipinski definition) is 1. The standard InChI is InChI=1S/C10H17N/c11-10-5-7-1-6-2-8(3-7)9(10)4-6/h6-10H,1-5,11H2/t6-,7+,8-,9-,10-/m1/s1. The zero-order chi connectivity index (χ0) is 7.42. The maximum absolute atomic E-state index is 6.14. The second-order valence-corrected chi connectivity index (χ2v) is 5.00. The Morgan fingerprint density at radius 1 is 0.818 bits per heavy atom. The van der Waals surface area contributed by atoms with Crippen LogP contribution >= 0.6 is 0 Å². The van der Waals surface area contributed by atoms with Crippen molar-refractivity contribution in [2.45, 2.75) is 38.1 Å². The maximum atomic E-state index is 6.14. The van der Waals surface area contributed by atoms with Crippen LogP contribution in [0.5, 0.6) is 0 Å². The van der Waals surface area contributed by atoms with Crippen LogP contribution in [0.15, 0.2) is 0 Å². The Hall–Kier alpha value is -0.0400. The quantitative estimate of drug-likeness (QED) is 0.561. The van der Waals surface area contributed by atoms with Gasteiger partial charge in [0.2, 0.25) is 0 Å². The zero-order valence-corrected chi connectivity index (χ0v) is 7.00. The summed E-state index contributed by atoms with van der Waals surface area (Å²) < 4.78 is 0. The summed E-state index contributed by atoms with van der Waals surface area (Å²) in [4.78, 5) is 0. The van der Waals surface area contributed by atoms with E-state index in [0.29, 0.717) is 6.04 Å². The zero-order valence-electron chi connectivity index (χ0n) is 7.00. The lowest BCUT2D eigenvalue weighted by atomic mass is 9.70. The van der Waals surface area contributed by atoms with Gasteiger partial charge in [0.1, 0.15) is 0 Å². The molecule has 0 spiro atoms. The molecule has 2 N–H and O–H groups in total. The molecule has 62 valence electrons. The Morgan fingerprint density at radius 3 is 2.36 bits per heavy atom. The van der Waals surface area contributed by atoms with Gasteiger partial charge >= 0.3 is 0 Å². The van der Waals surface area contributed by atoms with Crippen LogP contribution in [0.25, 0.3) is 0 Å². The van der Waals surface area contributed by atoms with Gasteiger partial charge in [-0.2, -0.15) is 0 Å². The van der Waals surface area contributed by atoms with Crippen LogP contribution < -0.4 is 5.73 Å². The molecule has 11 heavy (non-hydrogen) atoms. The number of fused-ring (bicyclic) bond motifs is 2. The van der Waals surface area contributed by atoms with E-state index >= 15 is 0 Å². The lowest BCUT2D eigenvalue weighted by molar-refractivity contribution is 0.156. The molecule has 3 aliphatic carbocycles. The summed E-state index contributed by atoms with van der Waals surface area (Å²) in [6, 6.07) is 0.575. The van der Waals surface area contributed by atoms with Gasteiger partial charge in [-0.15, -0.1) is 0 Å². The largest absolute Gasteiger partial charge is 0.327 e. The predicted octanol–water partition coefficient (Wildman–Crippen LogP) is 1.77. The van der Waals surface area contributed by atoms with Gasteiger partial charge in [0.25, 0.3) is 0 Å². The third-order valence-electron chi connectivity index (χ3n) is 4.31. The molecule has 0 amide bonds. The third-order valence-corrected chi connectivity index (χ3v) is 4.31. The fraction of sp³-hybridized carbons (Fsp3) is 1.00. The van der Waals surface area contributed by atoms with Gasteiger partial charge in [-0.05, 0) is 55.8 Å². The van der Waals surface area contributed by atoms with Crippen molar-refractivity contribution in [2.24, 2.45) is 29.4 Å². The summed E-state index contributed by atoms with van der Waals surface area (Å²) in [5, 5.41) is 0. The van der Waals surface area contributed by atoms with Gasteiger partial charge in [-0.1, -0.05) is 0 Å². The summed E-state index contributed by atoms with van der Waals surface area (Å²) >= 11 is 0. The van der Waals surface area contributed by atoms with E-state index in [1.807, 2.05) is 0 Å². The summed E-state index contributed by atoms with van der Waals surface area (Å²) in [6.45, 7) is 0. The second kappa shape index (κ2) is 2.01. The smallest absolute Gasteiger partial charge is 0.00725 e. The normalized spacial score (nSPS) is 60.3. The van der Waals surface area contributed by atoms with Gasteiger partial charge in [0, 0.05) is 6.04 Å². The first-order valence-corrected chi connectivity index (χ1v) is 5.08. The van der Waals surface area contributed by atoms with Crippen molar-refractivity contribution in [3.05, 3.63) is 0 Å². The lowest BCUT2D eigenvalue weighted by Crippen LogP contribution is -2.39. The molecule has 0 unspecified atom stereocenters. The SMILES string of the molecule is N[C@@H]1C[C@H]2C[C@@H]3C[C@H](C2)[C@H]1C3. The molecule has 3 saturated carbocycles. The molecule has 3 rings (SSSR count). The fourth-order valence-electron chi connectivity index (χ4n) is 4.01. The first kappa shape index (κ1) is 6.47. The van der Waals surface area contributed by atoms with Gasteiger partial charge < -0.3 is 5.73 Å². The average molecular weight is 151 g/mol. The molecule has 1 nitrogen and oxygen atoms in total. The van der Waals surface area contributed by atoms with E-state index in [1.54, 1.807) is 0 Å². The first-order chi connectivity index (χ1) is 5.33. The van der Waals surface area contributed by atoms with Gasteiger partial charge in [0.15, 0.2) is 0 Å². The van der Waals surface area contributed by atoms with Crippen LogP contribution in [0.2, 0.25) is 0 Å². The third kappa shape index (κ3) is 0.807. The Balaban J connectivity index is 1.94. The molecule has 0 aromatic rings. The Labute approximate surface area is 68.3 Å². The Kier molecular flexibility index (Phi) is 1.18. The van der Waals surface area contributed by atoms with Crippen molar-refractivity contribution >= 4 is 0 Å². The minimum atomic E-state index is 0.575. The van der Waals surface area contributed by atoms with Crippen molar-refractivity contribution < 1.29 is 0 Å². The van der Waals surface area contributed by atoms with Crippen molar-refractivity contribution in [1.82, 2.24) is 0 Å². The maximum Gasteiger partial charge on any atom is 0.00725 e. The van der Waals surface area contributed by atoms with E-state index < -0.39 is 0 Å². The molecule has 3 bridgehead atoms. The van der Waals surface area contributed by atoms with Crippen molar-refractivity contribution in [3.63, 3.8) is 0 Å². The number of nitrogens with two attached hydrogens (primary N) is 1. The number of rotatable bonds is 0. The summed E-state index contributed by atoms with van der Waals surface area (Å²) in [5.74, 6) is 4.08. The van der Waals surface area contributed by atoms with Crippen LogP contribution in [0.3, 0.4) is 0 Å². The highest BCUT2D eigenvalue weighted by Gasteiger charge is 2.47. The first-order valence-electron chi connectivity index (χ1n) is 5.08. The fourth-order valence-corrected chi connectivity index (χ4v) is 4.01. The topological polar surface area (TPSA) is 26.0 Å². The minimum absolute atomic E-state index is 0.575. The molecule has 3 aliphatic rings. The van der Waals surface area contributed by atoms with Crippen molar-refractivity contribution in [1.29, 1.82) is 0 Å². The Bertz CT molecular complexity index is 173. The highest BCUT2D eigenvalue weighted by molar-refractivity contribution is 5.00. The van der Waals surface area contributed by atoms with E-state index in [1.165, 1.54) is 32.1 Å². The van der Waals surface area contributed by atoms with E-state index in [4.69, 9.17) is 5.73 Å². The summed E-state index contributed by atoms with van der Waals surface area (Å²) in [7, 11) is 0. The Morgan fingerprint density at radius 2 is 1.55 bits per heavy atom. The summed E-state index contributed by atoms with van der Waals surface area (Å²) in [6.07, 6.45) is 7.38. The van der Waals surface area contributed by atoms with Gasteiger partial charge in [-0.25, -0.2) is 0 Å².